The molecule has 0 spiro atoms. The van der Waals surface area contributed by atoms with Crippen LogP contribution in [0.5, 0.6) is 5.88 Å². The molecule has 0 aromatic carbocycles. The molecular formula is C19H20N4O2S2. The van der Waals surface area contributed by atoms with Crippen LogP contribution in [-0.4, -0.2) is 37.7 Å². The fourth-order valence-corrected chi connectivity index (χ4v) is 5.87. The Kier molecular flexibility index (Phi) is 4.26. The van der Waals surface area contributed by atoms with E-state index < -0.39 is 0 Å². The Morgan fingerprint density at radius 3 is 2.96 bits per heavy atom. The molecule has 0 aliphatic carbocycles. The van der Waals surface area contributed by atoms with Crippen molar-refractivity contribution in [3.05, 3.63) is 45.7 Å². The van der Waals surface area contributed by atoms with Crippen molar-refractivity contribution >= 4 is 27.6 Å². The van der Waals surface area contributed by atoms with E-state index in [0.29, 0.717) is 22.5 Å². The normalized spacial score (nSPS) is 19.7. The molecule has 8 heteroatoms. The van der Waals surface area contributed by atoms with Crippen LogP contribution in [0.1, 0.15) is 35.6 Å². The van der Waals surface area contributed by atoms with Gasteiger partial charge in [0.15, 0.2) is 5.76 Å². The van der Waals surface area contributed by atoms with Crippen LogP contribution >= 0.6 is 22.7 Å². The first-order chi connectivity index (χ1) is 13.2. The third-order valence-electron chi connectivity index (χ3n) is 5.06. The van der Waals surface area contributed by atoms with Crippen LogP contribution in [0.3, 0.4) is 0 Å². The number of nitrogens with zero attached hydrogens (tertiary/aromatic N) is 4. The Hall–Kier alpha value is -2.16. The lowest BCUT2D eigenvalue weighted by Crippen LogP contribution is -2.37. The molecule has 2 atom stereocenters. The third-order valence-corrected chi connectivity index (χ3v) is 7.05. The van der Waals surface area contributed by atoms with E-state index in [1.54, 1.807) is 23.7 Å². The van der Waals surface area contributed by atoms with Gasteiger partial charge in [0.2, 0.25) is 16.7 Å². The van der Waals surface area contributed by atoms with Crippen molar-refractivity contribution in [3.63, 3.8) is 0 Å². The molecular weight excluding hydrogens is 380 g/mol. The van der Waals surface area contributed by atoms with E-state index >= 15 is 0 Å². The van der Waals surface area contributed by atoms with Gasteiger partial charge in [-0.15, -0.1) is 16.4 Å². The summed E-state index contributed by atoms with van der Waals surface area (Å²) in [5.41, 5.74) is 0. The van der Waals surface area contributed by atoms with Gasteiger partial charge in [0, 0.05) is 11.4 Å². The number of hydrogen-bond donors (Lipinski definition) is 1. The maximum Gasteiger partial charge on any atom is 0.230 e. The summed E-state index contributed by atoms with van der Waals surface area (Å²) in [4.78, 5) is 9.88. The zero-order chi connectivity index (χ0) is 18.4. The fraction of sp³-hybridized carbons (Fsp3) is 0.368. The maximum absolute atomic E-state index is 11.0. The summed E-state index contributed by atoms with van der Waals surface area (Å²) in [6.07, 6.45) is 4.05. The van der Waals surface area contributed by atoms with Gasteiger partial charge >= 0.3 is 0 Å². The van der Waals surface area contributed by atoms with E-state index in [4.69, 9.17) is 4.42 Å². The van der Waals surface area contributed by atoms with Gasteiger partial charge in [0.1, 0.15) is 0 Å². The molecule has 140 valence electrons. The van der Waals surface area contributed by atoms with Crippen LogP contribution in [0.4, 0.5) is 0 Å². The number of piperidine rings is 1. The minimum Gasteiger partial charge on any atom is -0.492 e. The smallest absolute Gasteiger partial charge is 0.230 e. The minimum atomic E-state index is 0.0494. The first-order valence-corrected chi connectivity index (χ1v) is 10.8. The number of likely N-dealkylation sites (tertiary alicyclic amines) is 1. The number of thiophene rings is 1. The first-order valence-electron chi connectivity index (χ1n) is 9.10. The molecule has 1 aliphatic rings. The summed E-state index contributed by atoms with van der Waals surface area (Å²) in [6, 6.07) is 7.90. The van der Waals surface area contributed by atoms with Gasteiger partial charge in [-0.25, -0.2) is 0 Å². The Labute approximate surface area is 164 Å². The van der Waals surface area contributed by atoms with Crippen LogP contribution in [0.15, 0.2) is 40.3 Å². The predicted octanol–water partition coefficient (Wildman–Crippen LogP) is 4.64. The largest absolute Gasteiger partial charge is 0.492 e. The van der Waals surface area contributed by atoms with E-state index in [1.165, 1.54) is 33.6 Å². The predicted molar refractivity (Wildman–Crippen MR) is 106 cm³/mol. The molecule has 1 aliphatic heterocycles. The lowest BCUT2D eigenvalue weighted by molar-refractivity contribution is 0.150. The van der Waals surface area contributed by atoms with Gasteiger partial charge in [0.05, 0.1) is 17.2 Å². The molecule has 4 aromatic heterocycles. The molecule has 0 bridgehead atoms. The third kappa shape index (κ3) is 2.97. The van der Waals surface area contributed by atoms with Crippen LogP contribution in [-0.2, 0) is 0 Å². The topological polar surface area (TPSA) is 66.8 Å². The zero-order valence-corrected chi connectivity index (χ0v) is 16.5. The summed E-state index contributed by atoms with van der Waals surface area (Å²) >= 11 is 3.24. The summed E-state index contributed by atoms with van der Waals surface area (Å²) in [6.45, 7) is 4.38. The molecule has 0 amide bonds. The standard InChI is InChI=1S/C19H20N4O2S2/c1-12-5-2-8-22(11-12)15(14-7-4-10-26-14)16-18(24)23-19(27-16)20-17(21-23)13-6-3-9-25-13/h3-4,6-7,9-10,12,15,24H,2,5,8,11H2,1H3/t12-,15-/m1/s1. The summed E-state index contributed by atoms with van der Waals surface area (Å²) in [5.74, 6) is 1.94. The van der Waals surface area contributed by atoms with Gasteiger partial charge in [0.25, 0.3) is 0 Å². The minimum absolute atomic E-state index is 0.0494. The number of aromatic nitrogens is 3. The van der Waals surface area contributed by atoms with Gasteiger partial charge in [-0.1, -0.05) is 24.3 Å². The molecule has 4 aromatic rings. The highest BCUT2D eigenvalue weighted by atomic mass is 32.1. The molecule has 1 N–H and O–H groups in total. The van der Waals surface area contributed by atoms with Crippen LogP contribution in [0, 0.1) is 5.92 Å². The van der Waals surface area contributed by atoms with Crippen molar-refractivity contribution < 1.29 is 9.52 Å². The Morgan fingerprint density at radius 2 is 2.26 bits per heavy atom. The van der Waals surface area contributed by atoms with Gasteiger partial charge in [-0.3, -0.25) is 4.90 Å². The van der Waals surface area contributed by atoms with Crippen molar-refractivity contribution in [2.45, 2.75) is 25.8 Å². The number of aromatic hydroxyl groups is 1. The van der Waals surface area contributed by atoms with Gasteiger partial charge in [-0.05, 0) is 48.9 Å². The highest BCUT2D eigenvalue weighted by Gasteiger charge is 2.32. The van der Waals surface area contributed by atoms with Crippen molar-refractivity contribution in [2.24, 2.45) is 5.92 Å². The second-order valence-electron chi connectivity index (χ2n) is 7.06. The zero-order valence-electron chi connectivity index (χ0n) is 14.9. The van der Waals surface area contributed by atoms with Crippen molar-refractivity contribution in [1.82, 2.24) is 19.5 Å². The Bertz CT molecular complexity index is 1040. The van der Waals surface area contributed by atoms with E-state index in [-0.39, 0.29) is 11.9 Å². The van der Waals surface area contributed by atoms with Gasteiger partial charge in [-0.2, -0.15) is 9.50 Å². The first kappa shape index (κ1) is 17.0. The molecule has 1 fully saturated rings. The summed E-state index contributed by atoms with van der Waals surface area (Å²) in [5, 5.41) is 17.5. The average molecular weight is 401 g/mol. The highest BCUT2D eigenvalue weighted by Crippen LogP contribution is 2.43. The lowest BCUT2D eigenvalue weighted by Gasteiger charge is -2.36. The van der Waals surface area contributed by atoms with Crippen LogP contribution in [0.25, 0.3) is 16.5 Å². The molecule has 0 saturated carbocycles. The number of fused-ring (bicyclic) bond motifs is 1. The monoisotopic (exact) mass is 400 g/mol. The summed E-state index contributed by atoms with van der Waals surface area (Å²) < 4.78 is 6.91. The van der Waals surface area contributed by atoms with Crippen molar-refractivity contribution in [2.75, 3.05) is 13.1 Å². The highest BCUT2D eigenvalue weighted by molar-refractivity contribution is 7.17. The molecule has 6 nitrogen and oxygen atoms in total. The molecule has 0 unspecified atom stereocenters. The number of rotatable bonds is 4. The molecule has 27 heavy (non-hydrogen) atoms. The maximum atomic E-state index is 11.0. The quantitative estimate of drug-likeness (QED) is 0.541. The van der Waals surface area contributed by atoms with E-state index in [2.05, 4.69) is 39.4 Å². The molecule has 1 saturated heterocycles. The van der Waals surface area contributed by atoms with Crippen molar-refractivity contribution in [1.29, 1.82) is 0 Å². The second kappa shape index (κ2) is 6.78. The van der Waals surface area contributed by atoms with Crippen molar-refractivity contribution in [3.8, 4) is 17.5 Å². The van der Waals surface area contributed by atoms with Crippen LogP contribution < -0.4 is 0 Å². The van der Waals surface area contributed by atoms with Gasteiger partial charge < -0.3 is 9.52 Å². The molecule has 5 rings (SSSR count). The molecule has 5 heterocycles. The molecule has 0 radical (unpaired) electrons. The summed E-state index contributed by atoms with van der Waals surface area (Å²) in [7, 11) is 0. The number of furan rings is 1. The Morgan fingerprint density at radius 1 is 1.33 bits per heavy atom. The lowest BCUT2D eigenvalue weighted by atomic mass is 9.98. The number of hydrogen-bond acceptors (Lipinski definition) is 7. The SMILES string of the molecule is C[C@@H]1CCCN([C@H](c2cccs2)c2sc3nc(-c4ccco4)nn3c2O)C1. The van der Waals surface area contributed by atoms with E-state index in [1.807, 2.05) is 6.07 Å². The van der Waals surface area contributed by atoms with Crippen LogP contribution in [0.2, 0.25) is 0 Å². The average Bonchev–Trinajstić information content (AvgIpc) is 3.42. The number of thiazole rings is 1. The second-order valence-corrected chi connectivity index (χ2v) is 9.05. The fourth-order valence-electron chi connectivity index (χ4n) is 3.82. The van der Waals surface area contributed by atoms with E-state index in [9.17, 15) is 5.11 Å². The van der Waals surface area contributed by atoms with E-state index in [0.717, 1.165) is 18.0 Å². The Balaban J connectivity index is 1.58.